The van der Waals surface area contributed by atoms with Crippen LogP contribution in [-0.4, -0.2) is 30.0 Å². The molecule has 0 saturated heterocycles. The zero-order chi connectivity index (χ0) is 22.8. The molecule has 2 N–H and O–H groups in total. The number of halogens is 2. The van der Waals surface area contributed by atoms with E-state index < -0.39 is 32.0 Å². The van der Waals surface area contributed by atoms with Crippen LogP contribution >= 0.6 is 23.4 Å². The Kier molecular flexibility index (Phi) is 6.83. The fraction of sp³-hybridized carbons (Fsp3) is 0.150. The highest BCUT2D eigenvalue weighted by molar-refractivity contribution is 7.99. The van der Waals surface area contributed by atoms with Gasteiger partial charge in [0, 0.05) is 10.7 Å². The van der Waals surface area contributed by atoms with Crippen molar-refractivity contribution < 1.29 is 17.6 Å². The van der Waals surface area contributed by atoms with Crippen molar-refractivity contribution in [3.63, 3.8) is 0 Å². The van der Waals surface area contributed by atoms with Crippen LogP contribution in [0.4, 0.5) is 10.1 Å². The van der Waals surface area contributed by atoms with Gasteiger partial charge in [-0.1, -0.05) is 29.4 Å². The number of rotatable bonds is 6. The molecule has 0 aliphatic heterocycles. The van der Waals surface area contributed by atoms with Gasteiger partial charge in [0.15, 0.2) is 10.1 Å². The number of sulfone groups is 1. The third kappa shape index (κ3) is 5.33. The SMILES string of the molecule is Cc1ccc(S(=O)(=O)c2cnc(SCC(=O)Nc3ccc(F)cc3C)[nH]c2=O)cc1Cl. The lowest BCUT2D eigenvalue weighted by molar-refractivity contribution is -0.113. The molecule has 0 atom stereocenters. The molecule has 1 amide bonds. The number of hydrogen-bond donors (Lipinski definition) is 2. The number of aromatic amines is 1. The van der Waals surface area contributed by atoms with Crippen LogP contribution in [0.2, 0.25) is 5.02 Å². The first-order valence-corrected chi connectivity index (χ1v) is 11.7. The Morgan fingerprint density at radius 3 is 2.58 bits per heavy atom. The number of nitrogens with zero attached hydrogens (tertiary/aromatic N) is 1. The molecule has 11 heteroatoms. The molecule has 7 nitrogen and oxygen atoms in total. The van der Waals surface area contributed by atoms with Gasteiger partial charge in [0.25, 0.3) is 5.56 Å². The smallest absolute Gasteiger partial charge is 0.270 e. The van der Waals surface area contributed by atoms with Gasteiger partial charge in [-0.25, -0.2) is 17.8 Å². The molecular weight excluding hydrogens is 465 g/mol. The summed E-state index contributed by atoms with van der Waals surface area (Å²) in [6.07, 6.45) is 0.951. The van der Waals surface area contributed by atoms with Crippen molar-refractivity contribution >= 4 is 44.8 Å². The van der Waals surface area contributed by atoms with Crippen molar-refractivity contribution in [1.29, 1.82) is 0 Å². The van der Waals surface area contributed by atoms with Crippen LogP contribution in [0.15, 0.2) is 62.3 Å². The Morgan fingerprint density at radius 2 is 1.94 bits per heavy atom. The maximum atomic E-state index is 13.1. The zero-order valence-corrected chi connectivity index (χ0v) is 18.8. The molecule has 1 heterocycles. The molecular formula is C20H17ClFN3O4S2. The summed E-state index contributed by atoms with van der Waals surface area (Å²) in [4.78, 5) is 30.2. The Hall–Kier alpha value is -2.69. The maximum Gasteiger partial charge on any atom is 0.270 e. The number of hydrogen-bond acceptors (Lipinski definition) is 6. The molecule has 0 fully saturated rings. The number of thioether (sulfide) groups is 1. The average Bonchev–Trinajstić information content (AvgIpc) is 2.70. The highest BCUT2D eigenvalue weighted by atomic mass is 35.5. The van der Waals surface area contributed by atoms with Crippen molar-refractivity contribution in [3.8, 4) is 0 Å². The summed E-state index contributed by atoms with van der Waals surface area (Å²) in [5.74, 6) is -0.901. The number of carbonyl (C=O) groups is 1. The third-order valence-electron chi connectivity index (χ3n) is 4.29. The number of benzene rings is 2. The maximum absolute atomic E-state index is 13.1. The van der Waals surface area contributed by atoms with Crippen LogP contribution in [0, 0.1) is 19.7 Å². The van der Waals surface area contributed by atoms with E-state index in [2.05, 4.69) is 15.3 Å². The molecule has 0 unspecified atom stereocenters. The van der Waals surface area contributed by atoms with E-state index in [9.17, 15) is 22.4 Å². The van der Waals surface area contributed by atoms with Gasteiger partial charge in [-0.2, -0.15) is 0 Å². The fourth-order valence-electron chi connectivity index (χ4n) is 2.59. The quantitative estimate of drug-likeness (QED) is 0.410. The van der Waals surface area contributed by atoms with Crippen molar-refractivity contribution in [1.82, 2.24) is 9.97 Å². The van der Waals surface area contributed by atoms with E-state index >= 15 is 0 Å². The summed E-state index contributed by atoms with van der Waals surface area (Å²) in [6.45, 7) is 3.39. The molecule has 0 saturated carbocycles. The molecule has 1 aromatic heterocycles. The number of aryl methyl sites for hydroxylation is 2. The molecule has 2 aromatic carbocycles. The van der Waals surface area contributed by atoms with Crippen molar-refractivity contribution in [2.75, 3.05) is 11.1 Å². The van der Waals surface area contributed by atoms with Gasteiger partial charge in [-0.3, -0.25) is 9.59 Å². The van der Waals surface area contributed by atoms with E-state index in [-0.39, 0.29) is 20.8 Å². The van der Waals surface area contributed by atoms with Crippen LogP contribution in [-0.2, 0) is 14.6 Å². The van der Waals surface area contributed by atoms with E-state index in [0.29, 0.717) is 16.8 Å². The normalized spacial score (nSPS) is 11.4. The van der Waals surface area contributed by atoms with Gasteiger partial charge in [-0.05, 0) is 55.3 Å². The molecule has 3 rings (SSSR count). The average molecular weight is 482 g/mol. The number of H-pyrrole nitrogens is 1. The molecule has 0 radical (unpaired) electrons. The van der Waals surface area contributed by atoms with Crippen LogP contribution in [0.5, 0.6) is 0 Å². The molecule has 0 aliphatic carbocycles. The van der Waals surface area contributed by atoms with Gasteiger partial charge in [0.2, 0.25) is 15.7 Å². The minimum Gasteiger partial charge on any atom is -0.325 e. The lowest BCUT2D eigenvalue weighted by Gasteiger charge is -2.08. The van der Waals surface area contributed by atoms with Gasteiger partial charge >= 0.3 is 0 Å². The fourth-order valence-corrected chi connectivity index (χ4v) is 4.72. The zero-order valence-electron chi connectivity index (χ0n) is 16.4. The Morgan fingerprint density at radius 1 is 1.19 bits per heavy atom. The number of anilines is 1. The van der Waals surface area contributed by atoms with Gasteiger partial charge in [0.1, 0.15) is 5.82 Å². The first kappa shape index (κ1) is 23.0. The highest BCUT2D eigenvalue weighted by Gasteiger charge is 2.23. The van der Waals surface area contributed by atoms with E-state index in [0.717, 1.165) is 18.0 Å². The van der Waals surface area contributed by atoms with Crippen LogP contribution in [0.25, 0.3) is 0 Å². The van der Waals surface area contributed by atoms with Crippen molar-refractivity contribution in [3.05, 3.63) is 74.9 Å². The molecule has 3 aromatic rings. The Labute approximate surface area is 187 Å². The molecule has 162 valence electrons. The topological polar surface area (TPSA) is 109 Å². The lowest BCUT2D eigenvalue weighted by Crippen LogP contribution is -2.20. The van der Waals surface area contributed by atoms with Crippen LogP contribution in [0.1, 0.15) is 11.1 Å². The lowest BCUT2D eigenvalue weighted by atomic mass is 10.2. The second-order valence-corrected chi connectivity index (χ2v) is 9.88. The van der Waals surface area contributed by atoms with Crippen molar-refractivity contribution in [2.24, 2.45) is 0 Å². The van der Waals surface area contributed by atoms with Gasteiger partial charge < -0.3 is 10.3 Å². The van der Waals surface area contributed by atoms with E-state index in [1.54, 1.807) is 19.9 Å². The minimum absolute atomic E-state index is 0.0804. The summed E-state index contributed by atoms with van der Waals surface area (Å²) in [5.41, 5.74) is 0.875. The summed E-state index contributed by atoms with van der Waals surface area (Å²) in [6, 6.07) is 8.15. The molecule has 0 aliphatic rings. The third-order valence-corrected chi connectivity index (χ3v) is 7.33. The Bertz CT molecular complexity index is 1330. The predicted molar refractivity (Wildman–Crippen MR) is 117 cm³/mol. The first-order chi connectivity index (χ1) is 14.6. The largest absolute Gasteiger partial charge is 0.325 e. The summed E-state index contributed by atoms with van der Waals surface area (Å²) in [5, 5.41) is 2.98. The molecule has 31 heavy (non-hydrogen) atoms. The number of carbonyl (C=O) groups excluding carboxylic acids is 1. The molecule has 0 bridgehead atoms. The van der Waals surface area contributed by atoms with Gasteiger partial charge in [0.05, 0.1) is 16.8 Å². The van der Waals surface area contributed by atoms with Crippen LogP contribution < -0.4 is 10.9 Å². The first-order valence-electron chi connectivity index (χ1n) is 8.87. The molecule has 0 spiro atoms. The summed E-state index contributed by atoms with van der Waals surface area (Å²) < 4.78 is 38.6. The van der Waals surface area contributed by atoms with E-state index in [1.165, 1.54) is 30.3 Å². The second-order valence-electron chi connectivity index (χ2n) is 6.59. The van der Waals surface area contributed by atoms with Gasteiger partial charge in [-0.15, -0.1) is 0 Å². The van der Waals surface area contributed by atoms with E-state index in [1.807, 2.05) is 0 Å². The van der Waals surface area contributed by atoms with E-state index in [4.69, 9.17) is 11.6 Å². The number of amides is 1. The predicted octanol–water partition coefficient (Wildman–Crippen LogP) is 3.74. The monoisotopic (exact) mass is 481 g/mol. The number of aromatic nitrogens is 2. The van der Waals surface area contributed by atoms with Crippen molar-refractivity contribution in [2.45, 2.75) is 28.8 Å². The number of nitrogens with one attached hydrogen (secondary N) is 2. The minimum atomic E-state index is -4.12. The second kappa shape index (κ2) is 9.21. The highest BCUT2D eigenvalue weighted by Crippen LogP contribution is 2.24. The van der Waals surface area contributed by atoms with Crippen LogP contribution in [0.3, 0.4) is 0 Å². The standard InChI is InChI=1S/C20H17ClFN3O4S2/c1-11-3-5-14(8-15(11)21)31(28,29)17-9-23-20(25-19(17)27)30-10-18(26)24-16-6-4-13(22)7-12(16)2/h3-9H,10H2,1-2H3,(H,24,26)(H,23,25,27). The summed E-state index contributed by atoms with van der Waals surface area (Å²) >= 11 is 6.91. The Balaban J connectivity index is 1.72. The summed E-state index contributed by atoms with van der Waals surface area (Å²) in [7, 11) is -4.12.